The molecule has 142 valence electrons. The van der Waals surface area contributed by atoms with Gasteiger partial charge in [-0.15, -0.1) is 0 Å². The van der Waals surface area contributed by atoms with E-state index in [2.05, 4.69) is 5.32 Å². The molecule has 2 N–H and O–H groups in total. The van der Waals surface area contributed by atoms with Gasteiger partial charge in [-0.25, -0.2) is 4.39 Å². The lowest BCUT2D eigenvalue weighted by Gasteiger charge is -2.28. The lowest BCUT2D eigenvalue weighted by atomic mass is 9.89. The fourth-order valence-corrected chi connectivity index (χ4v) is 3.62. The van der Waals surface area contributed by atoms with Gasteiger partial charge in [-0.05, 0) is 55.3 Å². The number of carbonyl (C=O) groups excluding carboxylic acids is 2. The van der Waals surface area contributed by atoms with Gasteiger partial charge in [-0.2, -0.15) is 0 Å². The van der Waals surface area contributed by atoms with Crippen molar-refractivity contribution in [3.05, 3.63) is 65.0 Å². The maximum atomic E-state index is 13.0. The number of piperidine rings is 1. The summed E-state index contributed by atoms with van der Waals surface area (Å²) in [6.07, 6.45) is 1.50. The van der Waals surface area contributed by atoms with Crippen molar-refractivity contribution in [2.24, 2.45) is 5.92 Å². The maximum Gasteiger partial charge on any atom is 0.279 e. The number of hydrogen-bond acceptors (Lipinski definition) is 2. The van der Waals surface area contributed by atoms with E-state index in [0.717, 1.165) is 42.7 Å². The third-order valence-corrected chi connectivity index (χ3v) is 5.48. The largest absolute Gasteiger partial charge is 0.327 e. The van der Waals surface area contributed by atoms with E-state index >= 15 is 0 Å². The SMILES string of the molecule is Cc1cccc(NC(=O)C[NH+]2CCC(C(=O)c3ccc(F)cc3)CC2)c1C. The van der Waals surface area contributed by atoms with Crippen molar-refractivity contribution in [3.63, 3.8) is 0 Å². The minimum atomic E-state index is -0.333. The molecule has 1 saturated heterocycles. The quantitative estimate of drug-likeness (QED) is 0.796. The Bertz CT molecular complexity index is 825. The Morgan fingerprint density at radius 3 is 2.41 bits per heavy atom. The van der Waals surface area contributed by atoms with Gasteiger partial charge in [0.15, 0.2) is 12.3 Å². The smallest absolute Gasteiger partial charge is 0.279 e. The van der Waals surface area contributed by atoms with Crippen LogP contribution in [-0.4, -0.2) is 31.3 Å². The summed E-state index contributed by atoms with van der Waals surface area (Å²) in [5.74, 6) is -0.294. The fourth-order valence-electron chi connectivity index (χ4n) is 3.62. The first-order valence-corrected chi connectivity index (χ1v) is 9.43. The van der Waals surface area contributed by atoms with Crippen LogP contribution in [-0.2, 0) is 4.79 Å². The van der Waals surface area contributed by atoms with Crippen molar-refractivity contribution >= 4 is 17.4 Å². The third kappa shape index (κ3) is 4.80. The number of Topliss-reactive ketones (excluding diaryl/α,β-unsaturated/α-hetero) is 1. The van der Waals surface area contributed by atoms with Crippen molar-refractivity contribution < 1.29 is 18.9 Å². The summed E-state index contributed by atoms with van der Waals surface area (Å²) in [5.41, 5.74) is 3.67. The van der Waals surface area contributed by atoms with Gasteiger partial charge < -0.3 is 10.2 Å². The van der Waals surface area contributed by atoms with Gasteiger partial charge in [0.1, 0.15) is 5.82 Å². The molecule has 1 heterocycles. The third-order valence-electron chi connectivity index (χ3n) is 5.48. The predicted octanol–water partition coefficient (Wildman–Crippen LogP) is 2.56. The highest BCUT2D eigenvalue weighted by Gasteiger charge is 2.29. The number of nitrogens with one attached hydrogen (secondary N) is 2. The van der Waals surface area contributed by atoms with Crippen LogP contribution in [0.15, 0.2) is 42.5 Å². The molecule has 2 aromatic carbocycles. The zero-order valence-electron chi connectivity index (χ0n) is 15.8. The standard InChI is InChI=1S/C22H25FN2O2/c1-15-4-3-5-20(16(15)2)24-21(26)14-25-12-10-18(11-13-25)22(27)17-6-8-19(23)9-7-17/h3-9,18H,10-14H2,1-2H3,(H,24,26)/p+1. The van der Waals surface area contributed by atoms with Crippen LogP contribution in [0.2, 0.25) is 0 Å². The topological polar surface area (TPSA) is 50.6 Å². The Balaban J connectivity index is 1.50. The van der Waals surface area contributed by atoms with E-state index in [0.29, 0.717) is 12.1 Å². The van der Waals surface area contributed by atoms with Crippen molar-refractivity contribution in [2.75, 3.05) is 25.0 Å². The van der Waals surface area contributed by atoms with E-state index < -0.39 is 0 Å². The Kier molecular flexibility index (Phi) is 6.01. The van der Waals surface area contributed by atoms with E-state index in [4.69, 9.17) is 0 Å². The monoisotopic (exact) mass is 369 g/mol. The first kappa shape index (κ1) is 19.2. The van der Waals surface area contributed by atoms with E-state index in [9.17, 15) is 14.0 Å². The van der Waals surface area contributed by atoms with E-state index in [1.165, 1.54) is 17.0 Å². The predicted molar refractivity (Wildman–Crippen MR) is 104 cm³/mol. The molecule has 0 saturated carbocycles. The number of hydrogen-bond donors (Lipinski definition) is 2. The Hall–Kier alpha value is -2.53. The van der Waals surface area contributed by atoms with Gasteiger partial charge in [0, 0.05) is 30.0 Å². The van der Waals surface area contributed by atoms with Gasteiger partial charge in [-0.1, -0.05) is 12.1 Å². The normalized spacial score (nSPS) is 19.5. The highest BCUT2D eigenvalue weighted by atomic mass is 19.1. The molecule has 1 amide bonds. The molecule has 0 spiro atoms. The van der Waals surface area contributed by atoms with E-state index in [1.807, 2.05) is 32.0 Å². The molecule has 1 aliphatic rings. The second-order valence-corrected chi connectivity index (χ2v) is 7.37. The van der Waals surface area contributed by atoms with Gasteiger partial charge in [0.2, 0.25) is 0 Å². The molecule has 0 bridgehead atoms. The number of likely N-dealkylation sites (tertiary alicyclic amines) is 1. The first-order chi connectivity index (χ1) is 12.9. The highest BCUT2D eigenvalue weighted by molar-refractivity contribution is 5.97. The lowest BCUT2D eigenvalue weighted by molar-refractivity contribution is -0.897. The molecule has 1 aliphatic heterocycles. The minimum Gasteiger partial charge on any atom is -0.327 e. The summed E-state index contributed by atoms with van der Waals surface area (Å²) in [5, 5.41) is 3.00. The molecule has 0 aliphatic carbocycles. The molecular formula is C22H26FN2O2+. The lowest BCUT2D eigenvalue weighted by Crippen LogP contribution is -3.14. The summed E-state index contributed by atoms with van der Waals surface area (Å²) in [6, 6.07) is 11.6. The van der Waals surface area contributed by atoms with Crippen LogP contribution in [0, 0.1) is 25.6 Å². The number of amides is 1. The van der Waals surface area contributed by atoms with E-state index in [-0.39, 0.29) is 23.4 Å². The summed E-state index contributed by atoms with van der Waals surface area (Å²) in [4.78, 5) is 26.1. The van der Waals surface area contributed by atoms with Gasteiger partial charge in [-0.3, -0.25) is 9.59 Å². The molecule has 0 radical (unpaired) electrons. The van der Waals surface area contributed by atoms with Gasteiger partial charge in [0.25, 0.3) is 5.91 Å². The summed E-state index contributed by atoms with van der Waals surface area (Å²) in [7, 11) is 0. The fraction of sp³-hybridized carbons (Fsp3) is 0.364. The van der Waals surface area contributed by atoms with Crippen LogP contribution >= 0.6 is 0 Å². The minimum absolute atomic E-state index is 0.00186. The van der Waals surface area contributed by atoms with Crippen molar-refractivity contribution in [1.82, 2.24) is 0 Å². The Morgan fingerprint density at radius 2 is 1.74 bits per heavy atom. The number of halogens is 1. The molecule has 27 heavy (non-hydrogen) atoms. The van der Waals surface area contributed by atoms with Crippen molar-refractivity contribution in [2.45, 2.75) is 26.7 Å². The summed E-state index contributed by atoms with van der Waals surface area (Å²) in [6.45, 7) is 6.02. The molecule has 4 nitrogen and oxygen atoms in total. The van der Waals surface area contributed by atoms with Crippen LogP contribution in [0.1, 0.15) is 34.3 Å². The number of benzene rings is 2. The number of ketones is 1. The molecule has 0 atom stereocenters. The first-order valence-electron chi connectivity index (χ1n) is 9.43. The zero-order chi connectivity index (χ0) is 19.4. The highest BCUT2D eigenvalue weighted by Crippen LogP contribution is 2.18. The van der Waals surface area contributed by atoms with Gasteiger partial charge >= 0.3 is 0 Å². The molecule has 0 aromatic heterocycles. The van der Waals surface area contributed by atoms with Crippen LogP contribution in [0.4, 0.5) is 10.1 Å². The maximum absolute atomic E-state index is 13.0. The average Bonchev–Trinajstić information content (AvgIpc) is 2.66. The molecule has 0 unspecified atom stereocenters. The Labute approximate surface area is 159 Å². The average molecular weight is 369 g/mol. The molecule has 2 aromatic rings. The van der Waals surface area contributed by atoms with Crippen molar-refractivity contribution in [1.29, 1.82) is 0 Å². The number of anilines is 1. The second kappa shape index (κ2) is 8.44. The number of aryl methyl sites for hydroxylation is 1. The van der Waals surface area contributed by atoms with E-state index in [1.54, 1.807) is 12.1 Å². The number of quaternary nitrogens is 1. The second-order valence-electron chi connectivity index (χ2n) is 7.37. The number of rotatable bonds is 5. The molecule has 3 rings (SSSR count). The zero-order valence-corrected chi connectivity index (χ0v) is 15.8. The van der Waals surface area contributed by atoms with Crippen LogP contribution < -0.4 is 10.2 Å². The van der Waals surface area contributed by atoms with Crippen LogP contribution in [0.25, 0.3) is 0 Å². The van der Waals surface area contributed by atoms with Crippen molar-refractivity contribution in [3.8, 4) is 0 Å². The Morgan fingerprint density at radius 1 is 1.07 bits per heavy atom. The molecule has 1 fully saturated rings. The number of carbonyl (C=O) groups is 2. The summed E-state index contributed by atoms with van der Waals surface area (Å²) < 4.78 is 13.0. The van der Waals surface area contributed by atoms with Crippen LogP contribution in [0.3, 0.4) is 0 Å². The molecular weight excluding hydrogens is 343 g/mol. The molecule has 5 heteroatoms. The van der Waals surface area contributed by atoms with Crippen LogP contribution in [0.5, 0.6) is 0 Å². The van der Waals surface area contributed by atoms with Gasteiger partial charge in [0.05, 0.1) is 13.1 Å². The summed E-state index contributed by atoms with van der Waals surface area (Å²) >= 11 is 0.